The average Bonchev–Trinajstić information content (AvgIpc) is 2.62. The third-order valence-electron chi connectivity index (χ3n) is 5.30. The van der Waals surface area contributed by atoms with Crippen molar-refractivity contribution in [2.24, 2.45) is 5.92 Å². The minimum Gasteiger partial charge on any atom is -0.399 e. The summed E-state index contributed by atoms with van der Waals surface area (Å²) in [6.45, 7) is 6.96. The molecule has 0 saturated heterocycles. The molecule has 0 aromatic heterocycles. The van der Waals surface area contributed by atoms with Crippen LogP contribution in [0.2, 0.25) is 0 Å². The van der Waals surface area contributed by atoms with Crippen molar-refractivity contribution < 1.29 is 0 Å². The molecule has 3 rings (SSSR count). The fourth-order valence-electron chi connectivity index (χ4n) is 3.68. The minimum absolute atomic E-state index is 0.00215. The van der Waals surface area contributed by atoms with Gasteiger partial charge in [0.15, 0.2) is 0 Å². The van der Waals surface area contributed by atoms with E-state index >= 15 is 0 Å². The van der Waals surface area contributed by atoms with E-state index in [0.29, 0.717) is 11.8 Å². The monoisotopic (exact) mass is 266 g/mol. The SMILES string of the molecule is CC1c2ccc(N)cc2C(C)(c2ccc(N)cc2)C1C. The lowest BCUT2D eigenvalue weighted by Gasteiger charge is -2.33. The molecule has 0 heterocycles. The molecule has 4 N–H and O–H groups in total. The summed E-state index contributed by atoms with van der Waals surface area (Å²) < 4.78 is 0. The standard InChI is InChI=1S/C18H22N2/c1-11-12(2)18(3,13-4-6-14(19)7-5-13)17-10-15(20)8-9-16(11)17/h4-12H,19-20H2,1-3H3. The third kappa shape index (κ3) is 1.64. The highest BCUT2D eigenvalue weighted by Crippen LogP contribution is 2.54. The van der Waals surface area contributed by atoms with Crippen molar-refractivity contribution in [3.8, 4) is 0 Å². The Labute approximate surface area is 120 Å². The summed E-state index contributed by atoms with van der Waals surface area (Å²) in [6, 6.07) is 14.6. The summed E-state index contributed by atoms with van der Waals surface area (Å²) in [7, 11) is 0. The number of hydrogen-bond acceptors (Lipinski definition) is 2. The molecule has 0 fully saturated rings. The van der Waals surface area contributed by atoms with Gasteiger partial charge in [0, 0.05) is 16.8 Å². The first-order chi connectivity index (χ1) is 9.44. The largest absolute Gasteiger partial charge is 0.399 e. The van der Waals surface area contributed by atoms with Gasteiger partial charge in [-0.3, -0.25) is 0 Å². The number of fused-ring (bicyclic) bond motifs is 1. The Balaban J connectivity index is 2.23. The number of nitrogens with two attached hydrogens (primary N) is 2. The number of hydrogen-bond donors (Lipinski definition) is 2. The maximum absolute atomic E-state index is 6.03. The molecular weight excluding hydrogens is 244 g/mol. The molecule has 0 aliphatic heterocycles. The van der Waals surface area contributed by atoms with Crippen LogP contribution in [0, 0.1) is 5.92 Å². The van der Waals surface area contributed by atoms with Crippen LogP contribution in [0.5, 0.6) is 0 Å². The Morgan fingerprint density at radius 3 is 2.15 bits per heavy atom. The molecule has 104 valence electrons. The first kappa shape index (κ1) is 13.0. The summed E-state index contributed by atoms with van der Waals surface area (Å²) in [5.74, 6) is 1.07. The molecular formula is C18H22N2. The molecule has 0 spiro atoms. The van der Waals surface area contributed by atoms with E-state index in [0.717, 1.165) is 11.4 Å². The first-order valence-corrected chi connectivity index (χ1v) is 7.20. The Bertz CT molecular complexity index is 645. The molecule has 0 radical (unpaired) electrons. The van der Waals surface area contributed by atoms with Crippen LogP contribution in [0.25, 0.3) is 0 Å². The molecule has 2 aromatic carbocycles. The maximum Gasteiger partial charge on any atom is 0.0317 e. The smallest absolute Gasteiger partial charge is 0.0317 e. The summed E-state index contributed by atoms with van der Waals surface area (Å²) in [5.41, 5.74) is 17.6. The molecule has 0 amide bonds. The van der Waals surface area contributed by atoms with E-state index in [9.17, 15) is 0 Å². The van der Waals surface area contributed by atoms with Gasteiger partial charge in [-0.2, -0.15) is 0 Å². The van der Waals surface area contributed by atoms with Crippen molar-refractivity contribution in [3.05, 3.63) is 59.2 Å². The molecule has 20 heavy (non-hydrogen) atoms. The van der Waals surface area contributed by atoms with E-state index < -0.39 is 0 Å². The van der Waals surface area contributed by atoms with Crippen LogP contribution in [0.3, 0.4) is 0 Å². The lowest BCUT2D eigenvalue weighted by molar-refractivity contribution is 0.369. The van der Waals surface area contributed by atoms with Crippen LogP contribution in [0.1, 0.15) is 43.4 Å². The molecule has 3 unspecified atom stereocenters. The third-order valence-corrected chi connectivity index (χ3v) is 5.30. The molecule has 0 bridgehead atoms. The molecule has 0 saturated carbocycles. The van der Waals surface area contributed by atoms with Crippen LogP contribution < -0.4 is 11.5 Å². The van der Waals surface area contributed by atoms with Crippen LogP contribution in [-0.2, 0) is 5.41 Å². The Morgan fingerprint density at radius 1 is 0.900 bits per heavy atom. The lowest BCUT2D eigenvalue weighted by Crippen LogP contribution is -2.28. The van der Waals surface area contributed by atoms with Gasteiger partial charge < -0.3 is 11.5 Å². The summed E-state index contributed by atoms with van der Waals surface area (Å²) in [5, 5.41) is 0. The van der Waals surface area contributed by atoms with Gasteiger partial charge in [-0.1, -0.05) is 39.0 Å². The predicted molar refractivity (Wildman–Crippen MR) is 85.7 cm³/mol. The minimum atomic E-state index is -0.00215. The maximum atomic E-state index is 6.03. The zero-order chi connectivity index (χ0) is 14.5. The summed E-state index contributed by atoms with van der Waals surface area (Å²) in [4.78, 5) is 0. The quantitative estimate of drug-likeness (QED) is 0.769. The van der Waals surface area contributed by atoms with E-state index in [1.54, 1.807) is 0 Å². The Morgan fingerprint density at radius 2 is 1.50 bits per heavy atom. The second kappa shape index (κ2) is 4.27. The summed E-state index contributed by atoms with van der Waals surface area (Å²) >= 11 is 0. The van der Waals surface area contributed by atoms with Gasteiger partial charge in [-0.15, -0.1) is 0 Å². The lowest BCUT2D eigenvalue weighted by atomic mass is 9.70. The van der Waals surface area contributed by atoms with Crippen molar-refractivity contribution in [1.82, 2.24) is 0 Å². The van der Waals surface area contributed by atoms with Crippen LogP contribution in [-0.4, -0.2) is 0 Å². The average molecular weight is 266 g/mol. The van der Waals surface area contributed by atoms with Gasteiger partial charge in [-0.05, 0) is 52.8 Å². The highest BCUT2D eigenvalue weighted by atomic mass is 14.6. The van der Waals surface area contributed by atoms with Crippen LogP contribution in [0.15, 0.2) is 42.5 Å². The van der Waals surface area contributed by atoms with Crippen LogP contribution >= 0.6 is 0 Å². The van der Waals surface area contributed by atoms with Gasteiger partial charge in [0.05, 0.1) is 0 Å². The van der Waals surface area contributed by atoms with Gasteiger partial charge in [0.25, 0.3) is 0 Å². The second-order valence-electron chi connectivity index (χ2n) is 6.25. The normalized spacial score (nSPS) is 28.4. The number of benzene rings is 2. The van der Waals surface area contributed by atoms with Crippen molar-refractivity contribution in [1.29, 1.82) is 0 Å². The molecule has 3 atom stereocenters. The molecule has 2 heteroatoms. The second-order valence-corrected chi connectivity index (χ2v) is 6.25. The molecule has 2 aromatic rings. The fraction of sp³-hybridized carbons (Fsp3) is 0.333. The Hall–Kier alpha value is -1.96. The highest BCUT2D eigenvalue weighted by Gasteiger charge is 2.45. The van der Waals surface area contributed by atoms with E-state index in [2.05, 4.69) is 45.0 Å². The highest BCUT2D eigenvalue weighted by molar-refractivity contribution is 5.57. The molecule has 1 aliphatic carbocycles. The van der Waals surface area contributed by atoms with Gasteiger partial charge in [-0.25, -0.2) is 0 Å². The van der Waals surface area contributed by atoms with E-state index in [-0.39, 0.29) is 5.41 Å². The zero-order valence-electron chi connectivity index (χ0n) is 12.4. The number of nitrogen functional groups attached to an aromatic ring is 2. The van der Waals surface area contributed by atoms with Crippen molar-refractivity contribution in [3.63, 3.8) is 0 Å². The van der Waals surface area contributed by atoms with Crippen molar-refractivity contribution in [2.75, 3.05) is 11.5 Å². The topological polar surface area (TPSA) is 52.0 Å². The first-order valence-electron chi connectivity index (χ1n) is 7.20. The van der Waals surface area contributed by atoms with Crippen molar-refractivity contribution in [2.45, 2.75) is 32.1 Å². The number of anilines is 2. The van der Waals surface area contributed by atoms with Gasteiger partial charge >= 0.3 is 0 Å². The van der Waals surface area contributed by atoms with E-state index in [1.807, 2.05) is 18.2 Å². The van der Waals surface area contributed by atoms with E-state index in [4.69, 9.17) is 11.5 Å². The zero-order valence-corrected chi connectivity index (χ0v) is 12.4. The van der Waals surface area contributed by atoms with Crippen LogP contribution in [0.4, 0.5) is 11.4 Å². The molecule has 1 aliphatic rings. The van der Waals surface area contributed by atoms with E-state index in [1.165, 1.54) is 16.7 Å². The fourth-order valence-corrected chi connectivity index (χ4v) is 3.68. The predicted octanol–water partition coefficient (Wildman–Crippen LogP) is 3.91. The number of rotatable bonds is 1. The van der Waals surface area contributed by atoms with Gasteiger partial charge in [0.1, 0.15) is 0 Å². The van der Waals surface area contributed by atoms with Gasteiger partial charge in [0.2, 0.25) is 0 Å². The van der Waals surface area contributed by atoms with Crippen molar-refractivity contribution >= 4 is 11.4 Å². The summed E-state index contributed by atoms with van der Waals surface area (Å²) in [6.07, 6.45) is 0. The molecule has 2 nitrogen and oxygen atoms in total. The Kier molecular flexibility index (Phi) is 2.79.